The van der Waals surface area contributed by atoms with Gasteiger partial charge in [0.15, 0.2) is 0 Å². The summed E-state index contributed by atoms with van der Waals surface area (Å²) in [4.78, 5) is 0. The molecule has 0 bridgehead atoms. The minimum Gasteiger partial charge on any atom is -0.403 e. The van der Waals surface area contributed by atoms with Crippen LogP contribution in [0.25, 0.3) is 0 Å². The Morgan fingerprint density at radius 1 is 0.828 bits per heavy atom. The van der Waals surface area contributed by atoms with Crippen molar-refractivity contribution in [1.82, 2.24) is 0 Å². The zero-order valence-electron chi connectivity index (χ0n) is 19.2. The van der Waals surface area contributed by atoms with E-state index in [1.54, 1.807) is 0 Å². The van der Waals surface area contributed by atoms with Crippen LogP contribution in [0.4, 0.5) is 0 Å². The van der Waals surface area contributed by atoms with Gasteiger partial charge in [0.1, 0.15) is 0 Å². The van der Waals surface area contributed by atoms with Crippen LogP contribution < -0.4 is 10.4 Å². The van der Waals surface area contributed by atoms with Gasteiger partial charge < -0.3 is 4.43 Å². The maximum absolute atomic E-state index is 6.99. The molecule has 2 aromatic rings. The van der Waals surface area contributed by atoms with Crippen molar-refractivity contribution >= 4 is 18.7 Å². The third kappa shape index (κ3) is 6.42. The Morgan fingerprint density at radius 2 is 1.34 bits per heavy atom. The second-order valence-corrected chi connectivity index (χ2v) is 13.5. The monoisotopic (exact) mass is 408 g/mol. The first kappa shape index (κ1) is 23.6. The lowest BCUT2D eigenvalue weighted by Crippen LogP contribution is -2.66. The quantitative estimate of drug-likeness (QED) is 0.224. The fourth-order valence-electron chi connectivity index (χ4n) is 4.14. The molecule has 1 nitrogen and oxygen atoms in total. The molecule has 2 rings (SSSR count). The Balaban J connectivity index is 2.23. The molecule has 0 N–H and O–H groups in total. The second-order valence-electron chi connectivity index (χ2n) is 9.21. The predicted molar refractivity (Wildman–Crippen MR) is 131 cm³/mol. The van der Waals surface area contributed by atoms with Crippen LogP contribution in [0.15, 0.2) is 72.3 Å². The highest BCUT2D eigenvalue weighted by Crippen LogP contribution is 2.37. The Bertz CT molecular complexity index is 689. The molecular weight excluding hydrogens is 368 g/mol. The van der Waals surface area contributed by atoms with Gasteiger partial charge in [-0.15, -0.1) is 0 Å². The number of benzene rings is 2. The number of hydrogen-bond acceptors (Lipinski definition) is 1. The first-order valence-electron chi connectivity index (χ1n) is 11.3. The Kier molecular flexibility index (Phi) is 9.39. The smallest absolute Gasteiger partial charge is 0.261 e. The topological polar surface area (TPSA) is 9.23 Å². The highest BCUT2D eigenvalue weighted by Gasteiger charge is 2.50. The van der Waals surface area contributed by atoms with Crippen LogP contribution in [0.3, 0.4) is 0 Å². The van der Waals surface area contributed by atoms with Crippen molar-refractivity contribution in [2.75, 3.05) is 6.61 Å². The molecule has 29 heavy (non-hydrogen) atoms. The lowest BCUT2D eigenvalue weighted by molar-refractivity contribution is 0.329. The van der Waals surface area contributed by atoms with Gasteiger partial charge in [-0.2, -0.15) is 0 Å². The van der Waals surface area contributed by atoms with E-state index in [9.17, 15) is 0 Å². The lowest BCUT2D eigenvalue weighted by atomic mass is 10.1. The summed E-state index contributed by atoms with van der Waals surface area (Å²) in [6, 6.07) is 21.8. The SMILES string of the molecule is CCCCCCC/C=C(\C)CO[Si](c1ccccc1)(c1ccccc1)C(C)(C)C. The number of rotatable bonds is 11. The Hall–Kier alpha value is -1.64. The van der Waals surface area contributed by atoms with Crippen molar-refractivity contribution in [3.8, 4) is 0 Å². The standard InChI is InChI=1S/C27H40OSi/c1-6-7-8-9-10-13-18-24(2)23-28-29(27(3,4)5,25-19-14-11-15-20-25)26-21-16-12-17-22-26/h11-12,14-22H,6-10,13,23H2,1-5H3/b24-18+. The van der Waals surface area contributed by atoms with Gasteiger partial charge in [0.2, 0.25) is 0 Å². The molecule has 0 aliphatic carbocycles. The molecule has 2 heteroatoms. The predicted octanol–water partition coefficient (Wildman–Crippen LogP) is 6.87. The van der Waals surface area contributed by atoms with Crippen LogP contribution in [0.5, 0.6) is 0 Å². The lowest BCUT2D eigenvalue weighted by Gasteiger charge is -2.43. The third-order valence-electron chi connectivity index (χ3n) is 5.73. The highest BCUT2D eigenvalue weighted by molar-refractivity contribution is 6.99. The van der Waals surface area contributed by atoms with E-state index in [2.05, 4.69) is 101 Å². The summed E-state index contributed by atoms with van der Waals surface area (Å²) < 4.78 is 6.99. The maximum Gasteiger partial charge on any atom is 0.261 e. The molecule has 0 saturated carbocycles. The first-order chi connectivity index (χ1) is 13.9. The van der Waals surface area contributed by atoms with E-state index in [4.69, 9.17) is 4.43 Å². The normalized spacial score (nSPS) is 12.9. The van der Waals surface area contributed by atoms with Crippen molar-refractivity contribution in [2.24, 2.45) is 0 Å². The summed E-state index contributed by atoms with van der Waals surface area (Å²) in [5, 5.41) is 2.74. The summed E-state index contributed by atoms with van der Waals surface area (Å²) in [5.74, 6) is 0. The van der Waals surface area contributed by atoms with Crippen LogP contribution in [0.1, 0.15) is 73.1 Å². The summed E-state index contributed by atoms with van der Waals surface area (Å²) in [6.45, 7) is 12.2. The van der Waals surface area contributed by atoms with Gasteiger partial charge in [0, 0.05) is 0 Å². The molecule has 0 heterocycles. The molecule has 0 atom stereocenters. The zero-order valence-corrected chi connectivity index (χ0v) is 20.2. The van der Waals surface area contributed by atoms with E-state index < -0.39 is 8.32 Å². The number of unbranched alkanes of at least 4 members (excludes halogenated alkanes) is 5. The Morgan fingerprint density at radius 3 is 1.83 bits per heavy atom. The van der Waals surface area contributed by atoms with E-state index >= 15 is 0 Å². The van der Waals surface area contributed by atoms with Gasteiger partial charge in [-0.1, -0.05) is 126 Å². The van der Waals surface area contributed by atoms with Crippen molar-refractivity contribution in [3.63, 3.8) is 0 Å². The molecule has 0 aliphatic rings. The zero-order chi connectivity index (χ0) is 21.2. The van der Waals surface area contributed by atoms with Crippen LogP contribution in [-0.4, -0.2) is 14.9 Å². The van der Waals surface area contributed by atoms with Gasteiger partial charge in [0.05, 0.1) is 6.61 Å². The van der Waals surface area contributed by atoms with E-state index in [0.29, 0.717) is 6.61 Å². The van der Waals surface area contributed by atoms with E-state index in [1.807, 2.05) is 0 Å². The van der Waals surface area contributed by atoms with Crippen LogP contribution in [0.2, 0.25) is 5.04 Å². The van der Waals surface area contributed by atoms with Crippen LogP contribution in [0, 0.1) is 0 Å². The van der Waals surface area contributed by atoms with Gasteiger partial charge in [-0.3, -0.25) is 0 Å². The minimum atomic E-state index is -2.42. The van der Waals surface area contributed by atoms with E-state index in [0.717, 1.165) is 0 Å². The molecule has 0 saturated heterocycles. The van der Waals surface area contributed by atoms with Gasteiger partial charge in [0.25, 0.3) is 8.32 Å². The molecule has 0 radical (unpaired) electrons. The molecule has 0 fully saturated rings. The minimum absolute atomic E-state index is 0.0378. The molecule has 0 spiro atoms. The summed E-state index contributed by atoms with van der Waals surface area (Å²) in [6.07, 6.45) is 10.2. The maximum atomic E-state index is 6.99. The van der Waals surface area contributed by atoms with Gasteiger partial charge in [-0.25, -0.2) is 0 Å². The average Bonchev–Trinajstić information content (AvgIpc) is 2.71. The van der Waals surface area contributed by atoms with Crippen molar-refractivity contribution in [1.29, 1.82) is 0 Å². The van der Waals surface area contributed by atoms with Gasteiger partial charge >= 0.3 is 0 Å². The number of hydrogen-bond donors (Lipinski definition) is 0. The summed E-state index contributed by atoms with van der Waals surface area (Å²) in [5.41, 5.74) is 1.36. The van der Waals surface area contributed by atoms with Crippen molar-refractivity contribution in [2.45, 2.75) is 78.2 Å². The molecular formula is C27H40OSi. The van der Waals surface area contributed by atoms with Crippen LogP contribution in [-0.2, 0) is 4.43 Å². The summed E-state index contributed by atoms with van der Waals surface area (Å²) >= 11 is 0. The highest BCUT2D eigenvalue weighted by atomic mass is 28.4. The molecule has 0 amide bonds. The van der Waals surface area contributed by atoms with Crippen LogP contribution >= 0.6 is 0 Å². The van der Waals surface area contributed by atoms with E-state index in [-0.39, 0.29) is 5.04 Å². The third-order valence-corrected chi connectivity index (χ3v) is 10.7. The largest absolute Gasteiger partial charge is 0.403 e. The molecule has 2 aromatic carbocycles. The first-order valence-corrected chi connectivity index (χ1v) is 13.2. The van der Waals surface area contributed by atoms with Gasteiger partial charge in [-0.05, 0) is 35.2 Å². The average molecular weight is 409 g/mol. The van der Waals surface area contributed by atoms with E-state index in [1.165, 1.54) is 54.5 Å². The fraction of sp³-hybridized carbons (Fsp3) is 0.481. The summed E-state index contributed by atoms with van der Waals surface area (Å²) in [7, 11) is -2.42. The Labute approximate surface area is 180 Å². The molecule has 0 aliphatic heterocycles. The fourth-order valence-corrected chi connectivity index (χ4v) is 8.74. The number of allylic oxidation sites excluding steroid dienone is 1. The molecule has 0 unspecified atom stereocenters. The van der Waals surface area contributed by atoms with Crippen molar-refractivity contribution < 1.29 is 4.43 Å². The molecule has 0 aromatic heterocycles. The van der Waals surface area contributed by atoms with Crippen molar-refractivity contribution in [3.05, 3.63) is 72.3 Å². The molecule has 158 valence electrons. The second kappa shape index (κ2) is 11.5.